The summed E-state index contributed by atoms with van der Waals surface area (Å²) < 4.78 is 44.3. The number of nitrogens with zero attached hydrogens (tertiary/aromatic N) is 2. The fraction of sp³-hybridized carbons (Fsp3) is 0.308. The summed E-state index contributed by atoms with van der Waals surface area (Å²) in [5.41, 5.74) is 0.0713. The number of imidazole rings is 1. The molecule has 0 amide bonds. The van der Waals surface area contributed by atoms with Gasteiger partial charge in [-0.3, -0.25) is 0 Å². The van der Waals surface area contributed by atoms with Crippen molar-refractivity contribution in [3.05, 3.63) is 47.8 Å². The standard InChI is InChI=1S/C13H14F3N3O/c1-19-6-5-18-12(19)8-17-7-9-10(14)3-2-4-11(9)20-13(15)16/h2-6,13,17H,7-8H2,1H3. The smallest absolute Gasteiger partial charge is 0.387 e. The summed E-state index contributed by atoms with van der Waals surface area (Å²) >= 11 is 0. The molecule has 1 N–H and O–H groups in total. The molecule has 0 fully saturated rings. The van der Waals surface area contributed by atoms with Gasteiger partial charge in [0, 0.05) is 31.5 Å². The number of ether oxygens (including phenoxy) is 1. The minimum Gasteiger partial charge on any atom is -0.434 e. The van der Waals surface area contributed by atoms with Crippen molar-refractivity contribution in [2.45, 2.75) is 19.7 Å². The molecular weight excluding hydrogens is 271 g/mol. The van der Waals surface area contributed by atoms with Crippen molar-refractivity contribution in [2.75, 3.05) is 0 Å². The van der Waals surface area contributed by atoms with Crippen molar-refractivity contribution >= 4 is 0 Å². The number of benzene rings is 1. The number of hydrogen-bond donors (Lipinski definition) is 1. The van der Waals surface area contributed by atoms with Crippen molar-refractivity contribution in [1.29, 1.82) is 0 Å². The van der Waals surface area contributed by atoms with Crippen LogP contribution in [0.15, 0.2) is 30.6 Å². The Bertz CT molecular complexity index is 572. The number of rotatable bonds is 6. The van der Waals surface area contributed by atoms with Crippen LogP contribution in [0.3, 0.4) is 0 Å². The van der Waals surface area contributed by atoms with Crippen LogP contribution < -0.4 is 10.1 Å². The van der Waals surface area contributed by atoms with Gasteiger partial charge in [0.05, 0.1) is 6.54 Å². The zero-order valence-corrected chi connectivity index (χ0v) is 10.8. The number of aryl methyl sites for hydroxylation is 1. The second-order valence-electron chi connectivity index (χ2n) is 4.15. The third kappa shape index (κ3) is 3.51. The van der Waals surface area contributed by atoms with E-state index in [-0.39, 0.29) is 17.9 Å². The number of aromatic nitrogens is 2. The largest absolute Gasteiger partial charge is 0.434 e. The summed E-state index contributed by atoms with van der Waals surface area (Å²) in [7, 11) is 1.83. The first kappa shape index (κ1) is 14.4. The highest BCUT2D eigenvalue weighted by molar-refractivity contribution is 5.34. The van der Waals surface area contributed by atoms with Crippen LogP contribution in [0.4, 0.5) is 13.2 Å². The van der Waals surface area contributed by atoms with Gasteiger partial charge >= 0.3 is 6.61 Å². The Balaban J connectivity index is 2.03. The monoisotopic (exact) mass is 285 g/mol. The highest BCUT2D eigenvalue weighted by Crippen LogP contribution is 2.23. The van der Waals surface area contributed by atoms with Crippen LogP contribution in [-0.4, -0.2) is 16.2 Å². The number of alkyl halides is 2. The van der Waals surface area contributed by atoms with E-state index in [0.29, 0.717) is 6.54 Å². The number of hydrogen-bond acceptors (Lipinski definition) is 3. The van der Waals surface area contributed by atoms with Crippen LogP contribution >= 0.6 is 0 Å². The molecule has 0 spiro atoms. The van der Waals surface area contributed by atoms with Crippen LogP contribution in [0.2, 0.25) is 0 Å². The van der Waals surface area contributed by atoms with E-state index in [1.807, 2.05) is 11.6 Å². The Labute approximate surface area is 114 Å². The van der Waals surface area contributed by atoms with E-state index in [9.17, 15) is 13.2 Å². The van der Waals surface area contributed by atoms with Crippen molar-refractivity contribution in [1.82, 2.24) is 14.9 Å². The molecule has 2 aromatic rings. The maximum atomic E-state index is 13.7. The van der Waals surface area contributed by atoms with E-state index in [1.54, 1.807) is 12.4 Å². The van der Waals surface area contributed by atoms with Gasteiger partial charge in [-0.15, -0.1) is 0 Å². The normalized spacial score (nSPS) is 11.1. The third-order valence-corrected chi connectivity index (χ3v) is 2.80. The predicted molar refractivity (Wildman–Crippen MR) is 66.8 cm³/mol. The van der Waals surface area contributed by atoms with Crippen molar-refractivity contribution in [2.24, 2.45) is 7.05 Å². The molecule has 0 atom stereocenters. The van der Waals surface area contributed by atoms with E-state index in [0.717, 1.165) is 5.82 Å². The predicted octanol–water partition coefficient (Wildman–Crippen LogP) is 2.45. The molecule has 0 aliphatic heterocycles. The Morgan fingerprint density at radius 1 is 1.35 bits per heavy atom. The van der Waals surface area contributed by atoms with Gasteiger partial charge in [0.15, 0.2) is 0 Å². The lowest BCUT2D eigenvalue weighted by molar-refractivity contribution is -0.0506. The first-order chi connectivity index (χ1) is 9.58. The lowest BCUT2D eigenvalue weighted by atomic mass is 10.2. The molecule has 4 nitrogen and oxygen atoms in total. The van der Waals surface area contributed by atoms with Gasteiger partial charge in [-0.05, 0) is 12.1 Å². The molecular formula is C13H14F3N3O. The molecule has 7 heteroatoms. The fourth-order valence-corrected chi connectivity index (χ4v) is 1.78. The molecule has 20 heavy (non-hydrogen) atoms. The van der Waals surface area contributed by atoms with Gasteiger partial charge in [0.1, 0.15) is 17.4 Å². The van der Waals surface area contributed by atoms with E-state index in [2.05, 4.69) is 15.0 Å². The average molecular weight is 285 g/mol. The van der Waals surface area contributed by atoms with Crippen LogP contribution in [0.1, 0.15) is 11.4 Å². The van der Waals surface area contributed by atoms with Crippen molar-refractivity contribution in [3.63, 3.8) is 0 Å². The maximum Gasteiger partial charge on any atom is 0.387 e. The molecule has 0 saturated heterocycles. The lowest BCUT2D eigenvalue weighted by Gasteiger charge is -2.12. The summed E-state index contributed by atoms with van der Waals surface area (Å²) in [6.07, 6.45) is 3.43. The highest BCUT2D eigenvalue weighted by Gasteiger charge is 2.13. The molecule has 0 unspecified atom stereocenters. The molecule has 0 bridgehead atoms. The van der Waals surface area contributed by atoms with Crippen molar-refractivity contribution in [3.8, 4) is 5.75 Å². The van der Waals surface area contributed by atoms with Gasteiger partial charge in [-0.2, -0.15) is 8.78 Å². The van der Waals surface area contributed by atoms with E-state index < -0.39 is 12.4 Å². The van der Waals surface area contributed by atoms with Gasteiger partial charge in [-0.25, -0.2) is 9.37 Å². The summed E-state index contributed by atoms with van der Waals surface area (Å²) in [5.74, 6) is 0.0143. The van der Waals surface area contributed by atoms with Crippen LogP contribution in [-0.2, 0) is 20.1 Å². The Morgan fingerprint density at radius 2 is 2.15 bits per heavy atom. The number of nitrogens with one attached hydrogen (secondary N) is 1. The zero-order valence-electron chi connectivity index (χ0n) is 10.8. The zero-order chi connectivity index (χ0) is 14.5. The van der Waals surface area contributed by atoms with Gasteiger partial charge in [0.2, 0.25) is 0 Å². The maximum absolute atomic E-state index is 13.7. The highest BCUT2D eigenvalue weighted by atomic mass is 19.3. The molecule has 1 aromatic heterocycles. The summed E-state index contributed by atoms with van der Waals surface area (Å²) in [4.78, 5) is 4.10. The van der Waals surface area contributed by atoms with Crippen molar-refractivity contribution < 1.29 is 17.9 Å². The Morgan fingerprint density at radius 3 is 2.80 bits per heavy atom. The fourth-order valence-electron chi connectivity index (χ4n) is 1.78. The van der Waals surface area contributed by atoms with E-state index in [4.69, 9.17) is 0 Å². The molecule has 1 aromatic carbocycles. The minimum absolute atomic E-state index is 0.0710. The van der Waals surface area contributed by atoms with Gasteiger partial charge < -0.3 is 14.6 Å². The van der Waals surface area contributed by atoms with E-state index >= 15 is 0 Å². The summed E-state index contributed by atoms with van der Waals surface area (Å²) in [6.45, 7) is -2.52. The summed E-state index contributed by atoms with van der Waals surface area (Å²) in [5, 5.41) is 2.95. The molecule has 2 rings (SSSR count). The SMILES string of the molecule is Cn1ccnc1CNCc1c(F)cccc1OC(F)F. The summed E-state index contributed by atoms with van der Waals surface area (Å²) in [6, 6.07) is 3.85. The minimum atomic E-state index is -2.98. The molecule has 1 heterocycles. The van der Waals surface area contributed by atoms with Gasteiger partial charge in [0.25, 0.3) is 0 Å². The molecule has 108 valence electrons. The average Bonchev–Trinajstić information content (AvgIpc) is 2.78. The van der Waals surface area contributed by atoms with Crippen LogP contribution in [0, 0.1) is 5.82 Å². The molecule has 0 saturated carbocycles. The molecule has 0 radical (unpaired) electrons. The first-order valence-electron chi connectivity index (χ1n) is 5.97. The van der Waals surface area contributed by atoms with Crippen LogP contribution in [0.25, 0.3) is 0 Å². The third-order valence-electron chi connectivity index (χ3n) is 2.80. The quantitative estimate of drug-likeness (QED) is 0.886. The van der Waals surface area contributed by atoms with Gasteiger partial charge in [-0.1, -0.05) is 6.07 Å². The second kappa shape index (κ2) is 6.42. The van der Waals surface area contributed by atoms with E-state index in [1.165, 1.54) is 18.2 Å². The first-order valence-corrected chi connectivity index (χ1v) is 5.97. The lowest BCUT2D eigenvalue weighted by Crippen LogP contribution is -2.17. The topological polar surface area (TPSA) is 39.1 Å². The van der Waals surface area contributed by atoms with Crippen LogP contribution in [0.5, 0.6) is 5.75 Å². The second-order valence-corrected chi connectivity index (χ2v) is 4.15. The Kier molecular flexibility index (Phi) is 4.62. The molecule has 0 aliphatic carbocycles. The molecule has 0 aliphatic rings. The number of halogens is 3. The Hall–Kier alpha value is -2.02.